The van der Waals surface area contributed by atoms with Gasteiger partial charge in [-0.05, 0) is 31.9 Å². The van der Waals surface area contributed by atoms with Crippen LogP contribution < -0.4 is 16.4 Å². The number of nitrogens with two attached hydrogens (primary N) is 2. The number of benzene rings is 1. The van der Waals surface area contributed by atoms with E-state index in [1.54, 1.807) is 18.2 Å². The lowest BCUT2D eigenvalue weighted by atomic mass is 9.90. The highest BCUT2D eigenvalue weighted by Gasteiger charge is 2.28. The van der Waals surface area contributed by atoms with Gasteiger partial charge in [-0.15, -0.1) is 0 Å². The van der Waals surface area contributed by atoms with Crippen molar-refractivity contribution < 1.29 is 5.11 Å². The zero-order chi connectivity index (χ0) is 18.2. The fourth-order valence-corrected chi connectivity index (χ4v) is 3.57. The Morgan fingerprint density at radius 2 is 1.96 bits per heavy atom. The standard InChI is InChI=1S/C18H22Cl2N4O/c1-18(22)5-7-24(8-6-18)17-13(21)9-14(23-15(17)10-25)11-3-2-4-12(19)16(11)20/h2-4,9,25H,5-8,10,22H2,1H3,(H2,21,23). The Morgan fingerprint density at radius 3 is 2.60 bits per heavy atom. The summed E-state index contributed by atoms with van der Waals surface area (Å²) < 4.78 is 0. The molecule has 5 nitrogen and oxygen atoms in total. The largest absolute Gasteiger partial charge is 0.397 e. The van der Waals surface area contributed by atoms with Crippen LogP contribution in [0.5, 0.6) is 0 Å². The average molecular weight is 381 g/mol. The summed E-state index contributed by atoms with van der Waals surface area (Å²) in [4.78, 5) is 6.73. The Bertz CT molecular complexity index is 785. The van der Waals surface area contributed by atoms with Crippen LogP contribution >= 0.6 is 23.2 Å². The molecule has 0 atom stereocenters. The molecule has 1 aromatic carbocycles. The maximum Gasteiger partial charge on any atom is 0.0919 e. The van der Waals surface area contributed by atoms with Gasteiger partial charge < -0.3 is 21.5 Å². The molecule has 1 aliphatic rings. The molecule has 1 aliphatic heterocycles. The lowest BCUT2D eigenvalue weighted by Crippen LogP contribution is -2.48. The third-order valence-electron chi connectivity index (χ3n) is 4.69. The van der Waals surface area contributed by atoms with Gasteiger partial charge in [-0.3, -0.25) is 0 Å². The minimum atomic E-state index is -0.206. The molecule has 0 spiro atoms. The summed E-state index contributed by atoms with van der Waals surface area (Å²) in [6, 6.07) is 7.14. The Kier molecular flexibility index (Phi) is 5.11. The molecular formula is C18H22Cl2N4O. The quantitative estimate of drug-likeness (QED) is 0.758. The van der Waals surface area contributed by atoms with Crippen LogP contribution in [-0.4, -0.2) is 28.7 Å². The van der Waals surface area contributed by atoms with Crippen LogP contribution in [-0.2, 0) is 6.61 Å². The second-order valence-electron chi connectivity index (χ2n) is 6.79. The normalized spacial score (nSPS) is 16.9. The third kappa shape index (κ3) is 3.70. The van der Waals surface area contributed by atoms with E-state index in [0.717, 1.165) is 31.6 Å². The number of aliphatic hydroxyl groups excluding tert-OH is 1. The number of aliphatic hydroxyl groups is 1. The number of hydrogen-bond acceptors (Lipinski definition) is 5. The predicted octanol–water partition coefficient (Wildman–Crippen LogP) is 3.45. The average Bonchev–Trinajstić information content (AvgIpc) is 2.57. The first kappa shape index (κ1) is 18.3. The van der Waals surface area contributed by atoms with E-state index in [4.69, 9.17) is 34.7 Å². The topological polar surface area (TPSA) is 88.4 Å². The van der Waals surface area contributed by atoms with Crippen LogP contribution in [0.25, 0.3) is 11.3 Å². The molecule has 3 rings (SSSR count). The summed E-state index contributed by atoms with van der Waals surface area (Å²) in [6.45, 7) is 3.41. The van der Waals surface area contributed by atoms with Gasteiger partial charge >= 0.3 is 0 Å². The van der Waals surface area contributed by atoms with E-state index in [1.165, 1.54) is 0 Å². The van der Waals surface area contributed by atoms with E-state index >= 15 is 0 Å². The van der Waals surface area contributed by atoms with Gasteiger partial charge in [0.2, 0.25) is 0 Å². The SMILES string of the molecule is CC1(N)CCN(c2c(N)cc(-c3cccc(Cl)c3Cl)nc2CO)CC1. The molecule has 0 amide bonds. The van der Waals surface area contributed by atoms with Gasteiger partial charge in [-0.2, -0.15) is 0 Å². The molecule has 25 heavy (non-hydrogen) atoms. The summed E-state index contributed by atoms with van der Waals surface area (Å²) in [5, 5.41) is 10.7. The fourth-order valence-electron chi connectivity index (χ4n) is 3.17. The molecule has 134 valence electrons. The van der Waals surface area contributed by atoms with Crippen LogP contribution in [0.15, 0.2) is 24.3 Å². The number of pyridine rings is 1. The van der Waals surface area contributed by atoms with Gasteiger partial charge in [0.05, 0.1) is 39.4 Å². The molecule has 1 aromatic heterocycles. The van der Waals surface area contributed by atoms with Crippen molar-refractivity contribution in [1.29, 1.82) is 0 Å². The molecule has 1 fully saturated rings. The molecule has 0 radical (unpaired) electrons. The molecule has 1 saturated heterocycles. The van der Waals surface area contributed by atoms with E-state index in [1.807, 2.05) is 6.07 Å². The van der Waals surface area contributed by atoms with Crippen molar-refractivity contribution in [2.45, 2.75) is 31.9 Å². The molecule has 5 N–H and O–H groups in total. The monoisotopic (exact) mass is 380 g/mol. The van der Waals surface area contributed by atoms with E-state index in [-0.39, 0.29) is 12.1 Å². The van der Waals surface area contributed by atoms with Gasteiger partial charge in [-0.25, -0.2) is 4.98 Å². The maximum atomic E-state index is 9.84. The first-order valence-electron chi connectivity index (χ1n) is 8.21. The smallest absolute Gasteiger partial charge is 0.0919 e. The first-order valence-corrected chi connectivity index (χ1v) is 8.96. The summed E-state index contributed by atoms with van der Waals surface area (Å²) in [5.74, 6) is 0. The highest BCUT2D eigenvalue weighted by atomic mass is 35.5. The minimum Gasteiger partial charge on any atom is -0.397 e. The summed E-state index contributed by atoms with van der Waals surface area (Å²) in [6.07, 6.45) is 1.72. The molecule has 7 heteroatoms. The molecule has 2 aromatic rings. The zero-order valence-corrected chi connectivity index (χ0v) is 15.6. The van der Waals surface area contributed by atoms with Crippen LogP contribution in [0.1, 0.15) is 25.5 Å². The number of halogens is 2. The zero-order valence-electron chi connectivity index (χ0n) is 14.1. The van der Waals surface area contributed by atoms with Gasteiger partial charge in [-0.1, -0.05) is 35.3 Å². The molecule has 0 saturated carbocycles. The lowest BCUT2D eigenvalue weighted by molar-refractivity contribution is 0.276. The molecule has 0 bridgehead atoms. The van der Waals surface area contributed by atoms with Crippen molar-refractivity contribution in [3.05, 3.63) is 40.0 Å². The fraction of sp³-hybridized carbons (Fsp3) is 0.389. The Morgan fingerprint density at radius 1 is 1.28 bits per heavy atom. The Labute approximate surface area is 157 Å². The molecule has 2 heterocycles. The van der Waals surface area contributed by atoms with Crippen molar-refractivity contribution in [3.8, 4) is 11.3 Å². The van der Waals surface area contributed by atoms with Gasteiger partial charge in [0, 0.05) is 24.2 Å². The van der Waals surface area contributed by atoms with Crippen molar-refractivity contribution in [1.82, 2.24) is 4.98 Å². The Balaban J connectivity index is 2.01. The highest BCUT2D eigenvalue weighted by Crippen LogP contribution is 2.37. The van der Waals surface area contributed by atoms with Gasteiger partial charge in [0.1, 0.15) is 0 Å². The number of nitrogen functional groups attached to an aromatic ring is 1. The van der Waals surface area contributed by atoms with Crippen LogP contribution in [0, 0.1) is 0 Å². The van der Waals surface area contributed by atoms with Gasteiger partial charge in [0.25, 0.3) is 0 Å². The number of rotatable bonds is 3. The lowest BCUT2D eigenvalue weighted by Gasteiger charge is -2.39. The second-order valence-corrected chi connectivity index (χ2v) is 7.58. The number of anilines is 2. The van der Waals surface area contributed by atoms with Crippen molar-refractivity contribution in [2.24, 2.45) is 5.73 Å². The van der Waals surface area contributed by atoms with E-state index in [9.17, 15) is 5.11 Å². The van der Waals surface area contributed by atoms with Crippen molar-refractivity contribution in [3.63, 3.8) is 0 Å². The minimum absolute atomic E-state index is 0.160. The third-order valence-corrected chi connectivity index (χ3v) is 5.51. The summed E-state index contributed by atoms with van der Waals surface area (Å²) >= 11 is 12.4. The summed E-state index contributed by atoms with van der Waals surface area (Å²) in [7, 11) is 0. The number of hydrogen-bond donors (Lipinski definition) is 3. The van der Waals surface area contributed by atoms with Crippen LogP contribution in [0.4, 0.5) is 11.4 Å². The number of aromatic nitrogens is 1. The van der Waals surface area contributed by atoms with Crippen LogP contribution in [0.2, 0.25) is 10.0 Å². The number of nitrogens with zero attached hydrogens (tertiary/aromatic N) is 2. The van der Waals surface area contributed by atoms with Crippen molar-refractivity contribution in [2.75, 3.05) is 23.7 Å². The van der Waals surface area contributed by atoms with E-state index in [0.29, 0.717) is 32.7 Å². The van der Waals surface area contributed by atoms with E-state index < -0.39 is 0 Å². The maximum absolute atomic E-state index is 9.84. The van der Waals surface area contributed by atoms with Gasteiger partial charge in [0.15, 0.2) is 0 Å². The first-order chi connectivity index (χ1) is 11.8. The highest BCUT2D eigenvalue weighted by molar-refractivity contribution is 6.43. The summed E-state index contributed by atoms with van der Waals surface area (Å²) in [5.41, 5.74) is 15.5. The molecular weight excluding hydrogens is 359 g/mol. The van der Waals surface area contributed by atoms with E-state index in [2.05, 4.69) is 16.8 Å². The molecule has 0 unspecified atom stereocenters. The van der Waals surface area contributed by atoms with Crippen molar-refractivity contribution >= 4 is 34.6 Å². The second kappa shape index (κ2) is 7.00. The number of piperidine rings is 1. The van der Waals surface area contributed by atoms with Crippen LogP contribution in [0.3, 0.4) is 0 Å². The Hall–Kier alpha value is -1.53. The molecule has 0 aliphatic carbocycles. The predicted molar refractivity (Wildman–Crippen MR) is 104 cm³/mol.